The van der Waals surface area contributed by atoms with Crippen molar-refractivity contribution < 1.29 is 12.8 Å². The lowest BCUT2D eigenvalue weighted by Gasteiger charge is -2.10. The molecular formula is C7H4FN2O2S. The molecule has 4 nitrogen and oxygen atoms in total. The van der Waals surface area contributed by atoms with Crippen LogP contribution < -0.4 is 4.72 Å². The minimum Gasteiger partial charge on any atom is -0.260 e. The molecule has 13 heavy (non-hydrogen) atoms. The highest BCUT2D eigenvalue weighted by Gasteiger charge is 2.21. The molecule has 0 saturated heterocycles. The van der Waals surface area contributed by atoms with E-state index in [4.69, 9.17) is 0 Å². The average molecular weight is 199 g/mol. The number of rotatable bonds is 0. The van der Waals surface area contributed by atoms with Crippen molar-refractivity contribution in [1.82, 2.24) is 4.72 Å². The van der Waals surface area contributed by atoms with Gasteiger partial charge in [-0.3, -0.25) is 4.72 Å². The second-order valence-electron chi connectivity index (χ2n) is 2.44. The third kappa shape index (κ3) is 1.29. The van der Waals surface area contributed by atoms with Crippen LogP contribution in [0, 0.1) is 5.82 Å². The van der Waals surface area contributed by atoms with E-state index < -0.39 is 15.8 Å². The Bertz CT molecular complexity index is 481. The molecule has 0 spiro atoms. The third-order valence-electron chi connectivity index (χ3n) is 1.57. The zero-order chi connectivity index (χ0) is 9.47. The Kier molecular flexibility index (Phi) is 1.59. The van der Waals surface area contributed by atoms with Crippen molar-refractivity contribution in [3.63, 3.8) is 0 Å². The van der Waals surface area contributed by atoms with Crippen LogP contribution in [-0.4, -0.2) is 14.8 Å². The maximum absolute atomic E-state index is 12.6. The Morgan fingerprint density at radius 1 is 1.46 bits per heavy atom. The van der Waals surface area contributed by atoms with E-state index in [0.717, 1.165) is 18.2 Å². The Hall–Kier alpha value is -1.43. The van der Waals surface area contributed by atoms with Gasteiger partial charge in [-0.1, -0.05) is 0 Å². The highest BCUT2D eigenvalue weighted by atomic mass is 32.2. The Morgan fingerprint density at radius 3 is 3.00 bits per heavy atom. The quantitative estimate of drug-likeness (QED) is 0.667. The molecule has 1 aliphatic rings. The number of fused-ring (bicyclic) bond motifs is 1. The highest BCUT2D eigenvalue weighted by Crippen LogP contribution is 2.26. The van der Waals surface area contributed by atoms with Crippen LogP contribution in [0.15, 0.2) is 28.1 Å². The monoisotopic (exact) mass is 199 g/mol. The van der Waals surface area contributed by atoms with Crippen molar-refractivity contribution in [2.75, 3.05) is 0 Å². The summed E-state index contributed by atoms with van der Waals surface area (Å²) in [5, 5.41) is 0. The molecule has 67 valence electrons. The van der Waals surface area contributed by atoms with Crippen molar-refractivity contribution in [2.24, 2.45) is 4.99 Å². The van der Waals surface area contributed by atoms with E-state index in [1.165, 1.54) is 0 Å². The Labute approximate surface area is 74.2 Å². The SMILES string of the molecule is O=S1(=O)N[C]=Nc2cc(F)ccc21. The van der Waals surface area contributed by atoms with Gasteiger partial charge in [-0.25, -0.2) is 17.8 Å². The first-order valence-corrected chi connectivity index (χ1v) is 4.85. The zero-order valence-corrected chi connectivity index (χ0v) is 7.10. The molecule has 0 bridgehead atoms. The van der Waals surface area contributed by atoms with Crippen molar-refractivity contribution >= 4 is 22.0 Å². The van der Waals surface area contributed by atoms with Gasteiger partial charge in [0.05, 0.1) is 5.69 Å². The molecule has 1 aromatic carbocycles. The van der Waals surface area contributed by atoms with Gasteiger partial charge in [0.1, 0.15) is 10.7 Å². The van der Waals surface area contributed by atoms with Gasteiger partial charge in [0.2, 0.25) is 0 Å². The molecule has 1 aliphatic heterocycles. The van der Waals surface area contributed by atoms with Crippen LogP contribution in [0.5, 0.6) is 0 Å². The van der Waals surface area contributed by atoms with Crippen molar-refractivity contribution in [3.8, 4) is 0 Å². The predicted octanol–water partition coefficient (Wildman–Crippen LogP) is 0.654. The maximum atomic E-state index is 12.6. The van der Waals surface area contributed by atoms with Crippen molar-refractivity contribution in [1.29, 1.82) is 0 Å². The molecule has 0 amide bonds. The van der Waals surface area contributed by atoms with Gasteiger partial charge in [-0.05, 0) is 12.1 Å². The minimum absolute atomic E-state index is 0.0346. The predicted molar refractivity (Wildman–Crippen MR) is 43.8 cm³/mol. The van der Waals surface area contributed by atoms with E-state index >= 15 is 0 Å². The molecule has 0 saturated carbocycles. The van der Waals surface area contributed by atoms with Gasteiger partial charge in [0.15, 0.2) is 6.34 Å². The molecule has 1 aromatic rings. The minimum atomic E-state index is -3.58. The lowest BCUT2D eigenvalue weighted by atomic mass is 10.3. The van der Waals surface area contributed by atoms with Gasteiger partial charge < -0.3 is 0 Å². The first-order valence-electron chi connectivity index (χ1n) is 3.37. The number of sulfonamides is 1. The van der Waals surface area contributed by atoms with Gasteiger partial charge in [-0.2, -0.15) is 0 Å². The normalized spacial score (nSPS) is 17.6. The van der Waals surface area contributed by atoms with Crippen molar-refractivity contribution in [3.05, 3.63) is 24.0 Å². The summed E-state index contributed by atoms with van der Waals surface area (Å²) in [7, 11) is -3.58. The molecule has 0 atom stereocenters. The van der Waals surface area contributed by atoms with Gasteiger partial charge in [0.25, 0.3) is 10.0 Å². The van der Waals surface area contributed by atoms with Gasteiger partial charge in [-0.15, -0.1) is 0 Å². The fourth-order valence-corrected chi connectivity index (χ4v) is 1.91. The average Bonchev–Trinajstić information content (AvgIpc) is 2.02. The first-order chi connectivity index (χ1) is 6.09. The van der Waals surface area contributed by atoms with Crippen LogP contribution >= 0.6 is 0 Å². The number of benzene rings is 1. The van der Waals surface area contributed by atoms with Crippen LogP contribution in [0.2, 0.25) is 0 Å². The molecule has 0 aromatic heterocycles. The van der Waals surface area contributed by atoms with E-state index in [1.54, 1.807) is 0 Å². The number of hydrogen-bond donors (Lipinski definition) is 1. The summed E-state index contributed by atoms with van der Waals surface area (Å²) in [6, 6.07) is 3.27. The fourth-order valence-electron chi connectivity index (χ4n) is 1.00. The zero-order valence-electron chi connectivity index (χ0n) is 6.28. The van der Waals surface area contributed by atoms with E-state index in [0.29, 0.717) is 0 Å². The number of halogens is 1. The molecule has 2 rings (SSSR count). The van der Waals surface area contributed by atoms with Crippen LogP contribution in [0.25, 0.3) is 0 Å². The summed E-state index contributed by atoms with van der Waals surface area (Å²) < 4.78 is 37.1. The van der Waals surface area contributed by atoms with E-state index in [9.17, 15) is 12.8 Å². The molecule has 1 heterocycles. The van der Waals surface area contributed by atoms with Crippen LogP contribution in [0.3, 0.4) is 0 Å². The van der Waals surface area contributed by atoms with Crippen LogP contribution in [0.4, 0.5) is 10.1 Å². The summed E-state index contributed by atoms with van der Waals surface area (Å²) in [6.07, 6.45) is 2.08. The number of aliphatic imine (C=N–C) groups is 1. The highest BCUT2D eigenvalue weighted by molar-refractivity contribution is 7.90. The van der Waals surface area contributed by atoms with E-state index in [2.05, 4.69) is 11.3 Å². The lowest BCUT2D eigenvalue weighted by molar-refractivity contribution is 0.591. The Morgan fingerprint density at radius 2 is 2.23 bits per heavy atom. The maximum Gasteiger partial charge on any atom is 0.265 e. The van der Waals surface area contributed by atoms with E-state index in [1.807, 2.05) is 4.72 Å². The summed E-state index contributed by atoms with van der Waals surface area (Å²) in [5.41, 5.74) is 0.0683. The number of nitrogens with zero attached hydrogens (tertiary/aromatic N) is 1. The largest absolute Gasteiger partial charge is 0.265 e. The first kappa shape index (κ1) is 8.18. The topological polar surface area (TPSA) is 58.5 Å². The molecule has 0 fully saturated rings. The summed E-state index contributed by atoms with van der Waals surface area (Å²) in [5.74, 6) is -0.526. The molecule has 0 aliphatic carbocycles. The fraction of sp³-hybridized carbons (Fsp3) is 0. The number of hydrogen-bond acceptors (Lipinski definition) is 3. The summed E-state index contributed by atoms with van der Waals surface area (Å²) in [4.78, 5) is 3.53. The molecular weight excluding hydrogens is 195 g/mol. The smallest absolute Gasteiger partial charge is 0.260 e. The lowest BCUT2D eigenvalue weighted by Crippen LogP contribution is -2.24. The number of nitrogens with one attached hydrogen (secondary N) is 1. The molecule has 1 N–H and O–H groups in total. The standard InChI is InChI=1S/C7H4FN2O2S/c8-5-1-2-7-6(3-5)9-4-10-13(7,11)12/h1-3H,(H,9,10). The van der Waals surface area contributed by atoms with E-state index in [-0.39, 0.29) is 10.6 Å². The molecule has 1 radical (unpaired) electrons. The second kappa shape index (κ2) is 2.53. The van der Waals surface area contributed by atoms with Crippen LogP contribution in [-0.2, 0) is 10.0 Å². The van der Waals surface area contributed by atoms with Crippen LogP contribution in [0.1, 0.15) is 0 Å². The summed E-state index contributed by atoms with van der Waals surface area (Å²) >= 11 is 0. The van der Waals surface area contributed by atoms with Gasteiger partial charge >= 0.3 is 0 Å². The third-order valence-corrected chi connectivity index (χ3v) is 2.85. The van der Waals surface area contributed by atoms with Crippen molar-refractivity contribution in [2.45, 2.75) is 4.90 Å². The molecule has 0 unspecified atom stereocenters. The second-order valence-corrected chi connectivity index (χ2v) is 4.09. The van der Waals surface area contributed by atoms with Gasteiger partial charge in [0, 0.05) is 6.07 Å². The molecule has 6 heteroatoms. The Balaban J connectivity index is 2.75. The summed E-state index contributed by atoms with van der Waals surface area (Å²) in [6.45, 7) is 0.